The minimum absolute atomic E-state index is 0.0530. The van der Waals surface area contributed by atoms with Gasteiger partial charge in [0.15, 0.2) is 28.3 Å². The number of benzene rings is 1. The van der Waals surface area contributed by atoms with Crippen LogP contribution >= 0.6 is 11.6 Å². The third-order valence-corrected chi connectivity index (χ3v) is 7.72. The Kier molecular flexibility index (Phi) is 10.3. The minimum Gasteiger partial charge on any atom is -0.493 e. The van der Waals surface area contributed by atoms with Gasteiger partial charge in [-0.2, -0.15) is 0 Å². The van der Waals surface area contributed by atoms with Crippen LogP contribution in [-0.4, -0.2) is 25.5 Å². The van der Waals surface area contributed by atoms with E-state index >= 15 is 0 Å². The lowest BCUT2D eigenvalue weighted by Crippen LogP contribution is -2.18. The molecule has 1 aliphatic carbocycles. The van der Waals surface area contributed by atoms with E-state index in [1.54, 1.807) is 48.6 Å². The fourth-order valence-electron chi connectivity index (χ4n) is 3.93. The van der Waals surface area contributed by atoms with E-state index < -0.39 is 10.0 Å². The molecule has 1 aromatic heterocycles. The van der Waals surface area contributed by atoms with Crippen molar-refractivity contribution in [1.29, 1.82) is 0 Å². The highest BCUT2D eigenvalue weighted by atomic mass is 35.5. The van der Waals surface area contributed by atoms with Gasteiger partial charge >= 0.3 is 0 Å². The van der Waals surface area contributed by atoms with Crippen LogP contribution in [0.3, 0.4) is 0 Å². The van der Waals surface area contributed by atoms with Crippen molar-refractivity contribution in [2.45, 2.75) is 40.5 Å². The van der Waals surface area contributed by atoms with Crippen molar-refractivity contribution >= 4 is 33.0 Å². The molecule has 2 aromatic rings. The predicted octanol–water partition coefficient (Wildman–Crippen LogP) is 8.02. The number of hydrogen-bond acceptors (Lipinski definition) is 6. The molecule has 1 heterocycles. The molecule has 0 fully saturated rings. The van der Waals surface area contributed by atoms with Gasteiger partial charge in [-0.25, -0.2) is 18.4 Å². The Hall–Kier alpha value is -3.62. The first-order valence-corrected chi connectivity index (χ1v) is 14.4. The summed E-state index contributed by atoms with van der Waals surface area (Å²) in [6, 6.07) is 6.94. The van der Waals surface area contributed by atoms with Gasteiger partial charge < -0.3 is 9.47 Å². The highest BCUT2D eigenvalue weighted by molar-refractivity contribution is 7.96. The molecule has 7 nitrogen and oxygen atoms in total. The largest absolute Gasteiger partial charge is 0.493 e. The molecule has 0 saturated heterocycles. The van der Waals surface area contributed by atoms with Gasteiger partial charge in [-0.15, -0.1) is 0 Å². The number of nitrogens with one attached hydrogen (secondary N) is 1. The van der Waals surface area contributed by atoms with E-state index in [0.29, 0.717) is 23.5 Å². The number of anilines is 1. The van der Waals surface area contributed by atoms with Crippen LogP contribution in [0.1, 0.15) is 46.4 Å². The van der Waals surface area contributed by atoms with Crippen LogP contribution in [0.4, 0.5) is 5.82 Å². The number of para-hydroxylation sites is 2. The second-order valence-corrected chi connectivity index (χ2v) is 11.1. The van der Waals surface area contributed by atoms with Crippen molar-refractivity contribution in [3.8, 4) is 17.2 Å². The maximum Gasteiger partial charge on any atom is 0.263 e. The fourth-order valence-corrected chi connectivity index (χ4v) is 5.45. The molecule has 1 aliphatic rings. The van der Waals surface area contributed by atoms with Gasteiger partial charge in [0.05, 0.1) is 12.0 Å². The monoisotopic (exact) mass is 567 g/mol. The summed E-state index contributed by atoms with van der Waals surface area (Å²) in [6.07, 6.45) is 13.8. The Morgan fingerprint density at radius 2 is 1.90 bits per heavy atom. The highest BCUT2D eigenvalue weighted by Gasteiger charge is 2.26. The quantitative estimate of drug-likeness (QED) is 0.231. The van der Waals surface area contributed by atoms with Crippen molar-refractivity contribution < 1.29 is 17.9 Å². The molecule has 0 unspecified atom stereocenters. The molecule has 0 aliphatic heterocycles. The van der Waals surface area contributed by atoms with Crippen LogP contribution < -0.4 is 14.2 Å². The number of nitrogens with zero attached hydrogens (tertiary/aromatic N) is 2. The molecule has 3 rings (SSSR count). The van der Waals surface area contributed by atoms with E-state index in [9.17, 15) is 8.42 Å². The Morgan fingerprint density at radius 1 is 1.18 bits per heavy atom. The summed E-state index contributed by atoms with van der Waals surface area (Å²) < 4.78 is 41.7. The molecular formula is C30H34ClN3O4S. The van der Waals surface area contributed by atoms with Gasteiger partial charge in [-0.05, 0) is 56.4 Å². The first-order valence-electron chi connectivity index (χ1n) is 12.6. The zero-order chi connectivity index (χ0) is 28.6. The van der Waals surface area contributed by atoms with Gasteiger partial charge in [0.25, 0.3) is 10.0 Å². The van der Waals surface area contributed by atoms with E-state index in [1.807, 2.05) is 26.0 Å². The summed E-state index contributed by atoms with van der Waals surface area (Å²) in [5.41, 5.74) is 2.39. The Morgan fingerprint density at radius 3 is 2.54 bits per heavy atom. The molecule has 206 valence electrons. The van der Waals surface area contributed by atoms with Crippen molar-refractivity contribution in [3.63, 3.8) is 0 Å². The number of allylic oxidation sites excluding steroid dienone is 10. The summed E-state index contributed by atoms with van der Waals surface area (Å²) >= 11 is 6.61. The molecule has 0 radical (unpaired) electrons. The summed E-state index contributed by atoms with van der Waals surface area (Å²) in [6.45, 7) is 11.6. The van der Waals surface area contributed by atoms with Crippen LogP contribution in [0.5, 0.6) is 17.2 Å². The topological polar surface area (TPSA) is 90.4 Å². The number of hydrogen-bond donors (Lipinski definition) is 1. The second-order valence-electron chi connectivity index (χ2n) is 9.11. The van der Waals surface area contributed by atoms with Gasteiger partial charge in [0.2, 0.25) is 5.75 Å². The standard InChI is InChI=1S/C30H34ClN3O4S/c1-7-12-23(13-8-2)29-32-28(31)27(38-25-17-10-9-16-24(25)37-6)30(33-29)34-39(35,36)26-19-18-22(20(3)4)15-11-14-21(26)5/h7-10,12-13,15-20H,1,11,14H2,2-6H3,(H,32,33,34)/b13-8-,19-18-,22-15+,23-12+,26-21?. The lowest BCUT2D eigenvalue weighted by Gasteiger charge is -2.18. The zero-order valence-corrected chi connectivity index (χ0v) is 24.4. The van der Waals surface area contributed by atoms with Crippen molar-refractivity contribution in [1.82, 2.24) is 9.97 Å². The lowest BCUT2D eigenvalue weighted by atomic mass is 9.98. The maximum atomic E-state index is 13.8. The van der Waals surface area contributed by atoms with Gasteiger partial charge in [-0.3, -0.25) is 4.72 Å². The van der Waals surface area contributed by atoms with Crippen LogP contribution in [-0.2, 0) is 10.0 Å². The summed E-state index contributed by atoms with van der Waals surface area (Å²) in [4.78, 5) is 9.10. The Bertz CT molecular complexity index is 1490. The van der Waals surface area contributed by atoms with E-state index in [1.165, 1.54) is 7.11 Å². The molecule has 0 spiro atoms. The first-order chi connectivity index (χ1) is 18.6. The van der Waals surface area contributed by atoms with E-state index in [4.69, 9.17) is 21.1 Å². The van der Waals surface area contributed by atoms with Crippen LogP contribution in [0.25, 0.3) is 5.57 Å². The first kappa shape index (κ1) is 29.9. The van der Waals surface area contributed by atoms with Crippen molar-refractivity contribution in [2.24, 2.45) is 5.92 Å². The second kappa shape index (κ2) is 13.4. The van der Waals surface area contributed by atoms with Gasteiger partial charge in [0.1, 0.15) is 0 Å². The number of halogens is 1. The number of aromatic nitrogens is 2. The summed E-state index contributed by atoms with van der Waals surface area (Å²) in [7, 11) is -2.58. The number of methoxy groups -OCH3 is 1. The number of rotatable bonds is 10. The molecule has 0 amide bonds. The van der Waals surface area contributed by atoms with Crippen molar-refractivity contribution in [2.75, 3.05) is 11.8 Å². The molecule has 0 bridgehead atoms. The number of ether oxygens (including phenoxy) is 2. The van der Waals surface area contributed by atoms with Gasteiger partial charge in [-0.1, -0.05) is 86.2 Å². The highest BCUT2D eigenvalue weighted by Crippen LogP contribution is 2.40. The molecular weight excluding hydrogens is 534 g/mol. The molecule has 1 N–H and O–H groups in total. The molecule has 0 atom stereocenters. The zero-order valence-electron chi connectivity index (χ0n) is 22.9. The molecule has 9 heteroatoms. The minimum atomic E-state index is -4.09. The lowest BCUT2D eigenvalue weighted by molar-refractivity contribution is 0.378. The van der Waals surface area contributed by atoms with Crippen LogP contribution in [0.2, 0.25) is 5.15 Å². The van der Waals surface area contributed by atoms with E-state index in [0.717, 1.165) is 17.6 Å². The molecule has 0 saturated carbocycles. The SMILES string of the molecule is C=C/C=C(\C=C/C)c1nc(Cl)c(Oc2ccccc2OC)c(NS(=O)(=O)C2=C(C)CC/C=C(C(C)C)\C=C/2)n1. The van der Waals surface area contributed by atoms with Crippen molar-refractivity contribution in [3.05, 3.63) is 100 Å². The Labute approximate surface area is 236 Å². The fraction of sp³-hybridized carbons (Fsp3) is 0.267. The average molecular weight is 568 g/mol. The predicted molar refractivity (Wildman–Crippen MR) is 160 cm³/mol. The normalized spacial score (nSPS) is 16.9. The van der Waals surface area contributed by atoms with Gasteiger partial charge in [0, 0.05) is 5.57 Å². The maximum absolute atomic E-state index is 13.8. The van der Waals surface area contributed by atoms with Crippen LogP contribution in [0.15, 0.2) is 89.4 Å². The van der Waals surface area contributed by atoms with E-state index in [-0.39, 0.29) is 33.4 Å². The Balaban J connectivity index is 2.18. The molecule has 39 heavy (non-hydrogen) atoms. The summed E-state index contributed by atoms with van der Waals surface area (Å²) in [5, 5.41) is -0.0768. The molecule has 1 aromatic carbocycles. The average Bonchev–Trinajstić information content (AvgIpc) is 2.87. The van der Waals surface area contributed by atoms with E-state index in [2.05, 4.69) is 41.2 Å². The summed E-state index contributed by atoms with van der Waals surface area (Å²) in [5.74, 6) is 1.06. The smallest absolute Gasteiger partial charge is 0.263 e. The third kappa shape index (κ3) is 7.49. The third-order valence-electron chi connectivity index (χ3n) is 5.94. The number of sulfonamides is 1. The van der Waals surface area contributed by atoms with Crippen LogP contribution in [0, 0.1) is 5.92 Å².